The summed E-state index contributed by atoms with van der Waals surface area (Å²) in [4.78, 5) is 20.5. The molecule has 0 radical (unpaired) electrons. The van der Waals surface area contributed by atoms with Crippen molar-refractivity contribution < 1.29 is 9.32 Å². The molecule has 2 aromatic heterocycles. The van der Waals surface area contributed by atoms with Crippen LogP contribution in [0.5, 0.6) is 0 Å². The molecule has 1 aliphatic rings. The Morgan fingerprint density at radius 1 is 1.43 bits per heavy atom. The predicted octanol–water partition coefficient (Wildman–Crippen LogP) is 1.99. The topological polar surface area (TPSA) is 105 Å². The summed E-state index contributed by atoms with van der Waals surface area (Å²) in [5.41, 5.74) is 0.519. The number of hydrogen-bond acceptors (Lipinski definition) is 7. The molecule has 3 N–H and O–H groups in total. The number of amides is 1. The van der Waals surface area contributed by atoms with Crippen molar-refractivity contribution in [3.8, 4) is 0 Å². The standard InChI is InChI=1S/C13H16N6O2/c1-7(2)5-8-13(20)18-10-11(16-8)14-6-15-12(10)17-9-3-4-21-19-9/h3-4,6-8H,5H2,1-2H3,(H,18,20)(H2,14,15,16,17,19). The number of fused-ring (bicyclic) bond motifs is 1. The molecule has 1 atom stereocenters. The van der Waals surface area contributed by atoms with E-state index >= 15 is 0 Å². The lowest BCUT2D eigenvalue weighted by atomic mass is 10.0. The number of aromatic nitrogens is 3. The van der Waals surface area contributed by atoms with Crippen LogP contribution in [-0.4, -0.2) is 27.1 Å². The van der Waals surface area contributed by atoms with Crippen LogP contribution in [0.15, 0.2) is 23.2 Å². The zero-order chi connectivity index (χ0) is 14.8. The lowest BCUT2D eigenvalue weighted by Crippen LogP contribution is -2.40. The number of nitrogens with zero attached hydrogens (tertiary/aromatic N) is 3. The van der Waals surface area contributed by atoms with Gasteiger partial charge in [0.15, 0.2) is 17.5 Å². The third-order valence-electron chi connectivity index (χ3n) is 3.11. The maximum atomic E-state index is 12.2. The van der Waals surface area contributed by atoms with E-state index in [0.29, 0.717) is 29.1 Å². The highest BCUT2D eigenvalue weighted by molar-refractivity contribution is 6.05. The van der Waals surface area contributed by atoms with Crippen molar-refractivity contribution in [3.05, 3.63) is 18.7 Å². The Bertz CT molecular complexity index is 640. The van der Waals surface area contributed by atoms with Gasteiger partial charge in [-0.3, -0.25) is 4.79 Å². The van der Waals surface area contributed by atoms with Gasteiger partial charge in [-0.2, -0.15) is 0 Å². The zero-order valence-electron chi connectivity index (χ0n) is 11.8. The van der Waals surface area contributed by atoms with Crippen molar-refractivity contribution in [2.75, 3.05) is 16.0 Å². The Labute approximate surface area is 121 Å². The lowest BCUT2D eigenvalue weighted by Gasteiger charge is -2.27. The minimum absolute atomic E-state index is 0.0887. The summed E-state index contributed by atoms with van der Waals surface area (Å²) in [5.74, 6) is 1.90. The lowest BCUT2D eigenvalue weighted by molar-refractivity contribution is -0.117. The maximum absolute atomic E-state index is 12.2. The summed E-state index contributed by atoms with van der Waals surface area (Å²) in [6.45, 7) is 4.14. The van der Waals surface area contributed by atoms with Crippen molar-refractivity contribution in [2.45, 2.75) is 26.3 Å². The maximum Gasteiger partial charge on any atom is 0.247 e. The molecule has 0 saturated heterocycles. The minimum atomic E-state index is -0.285. The molecule has 110 valence electrons. The second-order valence-corrected chi connectivity index (χ2v) is 5.27. The quantitative estimate of drug-likeness (QED) is 0.790. The van der Waals surface area contributed by atoms with E-state index in [1.165, 1.54) is 12.6 Å². The Morgan fingerprint density at radius 3 is 3.00 bits per heavy atom. The highest BCUT2D eigenvalue weighted by atomic mass is 16.5. The van der Waals surface area contributed by atoms with Crippen molar-refractivity contribution in [2.24, 2.45) is 5.92 Å². The smallest absolute Gasteiger partial charge is 0.247 e. The summed E-state index contributed by atoms with van der Waals surface area (Å²) in [6, 6.07) is 1.38. The summed E-state index contributed by atoms with van der Waals surface area (Å²) >= 11 is 0. The molecular weight excluding hydrogens is 272 g/mol. The van der Waals surface area contributed by atoms with Crippen LogP contribution in [-0.2, 0) is 4.79 Å². The first-order chi connectivity index (χ1) is 10.1. The molecule has 0 saturated carbocycles. The van der Waals surface area contributed by atoms with Gasteiger partial charge in [0.1, 0.15) is 24.3 Å². The van der Waals surface area contributed by atoms with E-state index in [9.17, 15) is 4.79 Å². The van der Waals surface area contributed by atoms with Crippen LogP contribution in [0.3, 0.4) is 0 Å². The number of nitrogens with one attached hydrogen (secondary N) is 3. The molecule has 0 spiro atoms. The van der Waals surface area contributed by atoms with E-state index in [1.807, 2.05) is 0 Å². The number of hydrogen-bond donors (Lipinski definition) is 3. The van der Waals surface area contributed by atoms with E-state index < -0.39 is 0 Å². The van der Waals surface area contributed by atoms with E-state index in [2.05, 4.69) is 44.9 Å². The van der Waals surface area contributed by atoms with E-state index in [0.717, 1.165) is 6.42 Å². The van der Waals surface area contributed by atoms with Crippen LogP contribution in [0, 0.1) is 5.92 Å². The van der Waals surface area contributed by atoms with Crippen LogP contribution in [0.25, 0.3) is 0 Å². The van der Waals surface area contributed by atoms with Crippen LogP contribution in [0.1, 0.15) is 20.3 Å². The molecule has 3 heterocycles. The Morgan fingerprint density at radius 2 is 2.29 bits per heavy atom. The molecule has 0 aliphatic carbocycles. The van der Waals surface area contributed by atoms with Crippen LogP contribution in [0.4, 0.5) is 23.1 Å². The fraction of sp³-hybridized carbons (Fsp3) is 0.385. The first kappa shape index (κ1) is 13.3. The van der Waals surface area contributed by atoms with Gasteiger partial charge in [-0.1, -0.05) is 19.0 Å². The normalized spacial score (nSPS) is 17.1. The van der Waals surface area contributed by atoms with Crippen molar-refractivity contribution in [1.82, 2.24) is 15.1 Å². The van der Waals surface area contributed by atoms with E-state index in [4.69, 9.17) is 4.52 Å². The van der Waals surface area contributed by atoms with Crippen molar-refractivity contribution >= 4 is 29.0 Å². The van der Waals surface area contributed by atoms with Gasteiger partial charge < -0.3 is 20.5 Å². The first-order valence-corrected chi connectivity index (χ1v) is 6.73. The van der Waals surface area contributed by atoms with Gasteiger partial charge in [-0.15, -0.1) is 0 Å². The fourth-order valence-electron chi connectivity index (χ4n) is 2.18. The summed E-state index contributed by atoms with van der Waals surface area (Å²) < 4.78 is 4.75. The van der Waals surface area contributed by atoms with Gasteiger partial charge in [0, 0.05) is 6.07 Å². The highest BCUT2D eigenvalue weighted by Gasteiger charge is 2.29. The van der Waals surface area contributed by atoms with Gasteiger partial charge in [0.2, 0.25) is 5.91 Å². The molecule has 1 amide bonds. The Balaban J connectivity index is 1.86. The molecule has 0 aromatic carbocycles. The Hall–Kier alpha value is -2.64. The molecule has 8 nitrogen and oxygen atoms in total. The third-order valence-corrected chi connectivity index (χ3v) is 3.11. The minimum Gasteiger partial charge on any atom is -0.363 e. The number of anilines is 4. The summed E-state index contributed by atoms with van der Waals surface area (Å²) in [7, 11) is 0. The van der Waals surface area contributed by atoms with Crippen LogP contribution >= 0.6 is 0 Å². The van der Waals surface area contributed by atoms with Crippen LogP contribution in [0.2, 0.25) is 0 Å². The number of carbonyl (C=O) groups excluding carboxylic acids is 1. The van der Waals surface area contributed by atoms with Gasteiger partial charge in [0.25, 0.3) is 0 Å². The van der Waals surface area contributed by atoms with E-state index in [-0.39, 0.29) is 11.9 Å². The number of carbonyl (C=O) groups is 1. The van der Waals surface area contributed by atoms with Crippen molar-refractivity contribution in [3.63, 3.8) is 0 Å². The van der Waals surface area contributed by atoms with Gasteiger partial charge in [-0.05, 0) is 12.3 Å². The molecule has 2 aromatic rings. The fourth-order valence-corrected chi connectivity index (χ4v) is 2.18. The molecule has 1 unspecified atom stereocenters. The SMILES string of the molecule is CC(C)CC1Nc2ncnc(Nc3ccon3)c2NC1=O. The second-order valence-electron chi connectivity index (χ2n) is 5.27. The first-order valence-electron chi connectivity index (χ1n) is 6.73. The monoisotopic (exact) mass is 288 g/mol. The molecule has 0 fully saturated rings. The second kappa shape index (κ2) is 5.39. The van der Waals surface area contributed by atoms with Crippen LogP contribution < -0.4 is 16.0 Å². The molecule has 21 heavy (non-hydrogen) atoms. The highest BCUT2D eigenvalue weighted by Crippen LogP contribution is 2.32. The molecular formula is C13H16N6O2. The van der Waals surface area contributed by atoms with Gasteiger partial charge >= 0.3 is 0 Å². The molecule has 0 bridgehead atoms. The summed E-state index contributed by atoms with van der Waals surface area (Å²) in [6.07, 6.45) is 3.62. The zero-order valence-corrected chi connectivity index (χ0v) is 11.8. The summed E-state index contributed by atoms with van der Waals surface area (Å²) in [5, 5.41) is 12.7. The van der Waals surface area contributed by atoms with E-state index in [1.54, 1.807) is 6.07 Å². The molecule has 1 aliphatic heterocycles. The van der Waals surface area contributed by atoms with Gasteiger partial charge in [0.05, 0.1) is 0 Å². The predicted molar refractivity (Wildman–Crippen MR) is 77.3 cm³/mol. The molecule has 8 heteroatoms. The largest absolute Gasteiger partial charge is 0.363 e. The average molecular weight is 288 g/mol. The average Bonchev–Trinajstić information content (AvgIpc) is 2.93. The van der Waals surface area contributed by atoms with Crippen molar-refractivity contribution in [1.29, 1.82) is 0 Å². The molecule has 3 rings (SSSR count). The Kier molecular flexibility index (Phi) is 3.43. The third kappa shape index (κ3) is 2.78. The van der Waals surface area contributed by atoms with Gasteiger partial charge in [-0.25, -0.2) is 9.97 Å². The number of rotatable bonds is 4.